The molecule has 140 valence electrons. The van der Waals surface area contributed by atoms with Gasteiger partial charge >= 0.3 is 5.97 Å². The quantitative estimate of drug-likeness (QED) is 0.645. The number of aromatic nitrogens is 1. The molecule has 6 nitrogen and oxygen atoms in total. The molecule has 1 aromatic carbocycles. The summed E-state index contributed by atoms with van der Waals surface area (Å²) in [6, 6.07) is 8.96. The first-order valence-electron chi connectivity index (χ1n) is 8.65. The van der Waals surface area contributed by atoms with Gasteiger partial charge in [0.2, 0.25) is 0 Å². The lowest BCUT2D eigenvalue weighted by atomic mass is 10.1. The van der Waals surface area contributed by atoms with E-state index in [1.807, 2.05) is 25.1 Å². The summed E-state index contributed by atoms with van der Waals surface area (Å²) in [7, 11) is 1.55. The molecule has 0 aliphatic heterocycles. The van der Waals surface area contributed by atoms with Crippen LogP contribution < -0.4 is 10.1 Å². The molecule has 0 spiro atoms. The molecule has 2 heterocycles. The summed E-state index contributed by atoms with van der Waals surface area (Å²) in [5.41, 5.74) is 1.27. The number of nitrogens with one attached hydrogen (secondary N) is 1. The SMILES string of the molecule is CCOC(=O)c1sc2cc(Oc3ccnc(C(=O)NC)c3)ccc2c1CC. The minimum atomic E-state index is -0.289. The van der Waals surface area contributed by atoms with Gasteiger partial charge in [-0.1, -0.05) is 6.92 Å². The van der Waals surface area contributed by atoms with E-state index >= 15 is 0 Å². The van der Waals surface area contributed by atoms with Crippen LogP contribution >= 0.6 is 11.3 Å². The third-order valence-corrected chi connectivity index (χ3v) is 5.18. The molecule has 7 heteroatoms. The summed E-state index contributed by atoms with van der Waals surface area (Å²) in [5, 5.41) is 3.56. The van der Waals surface area contributed by atoms with E-state index in [1.165, 1.54) is 17.5 Å². The zero-order chi connectivity index (χ0) is 19.4. The van der Waals surface area contributed by atoms with Gasteiger partial charge in [-0.3, -0.25) is 9.78 Å². The van der Waals surface area contributed by atoms with Crippen LogP contribution in [0.3, 0.4) is 0 Å². The van der Waals surface area contributed by atoms with Crippen LogP contribution in [0, 0.1) is 0 Å². The monoisotopic (exact) mass is 384 g/mol. The van der Waals surface area contributed by atoms with Gasteiger partial charge in [0.25, 0.3) is 5.91 Å². The van der Waals surface area contributed by atoms with Gasteiger partial charge in [0, 0.05) is 24.0 Å². The summed E-state index contributed by atoms with van der Waals surface area (Å²) in [6.07, 6.45) is 2.27. The van der Waals surface area contributed by atoms with E-state index in [9.17, 15) is 9.59 Å². The minimum Gasteiger partial charge on any atom is -0.462 e. The van der Waals surface area contributed by atoms with E-state index < -0.39 is 0 Å². The van der Waals surface area contributed by atoms with Crippen molar-refractivity contribution in [3.8, 4) is 11.5 Å². The Labute approximate surface area is 161 Å². The predicted octanol–water partition coefficient (Wildman–Crippen LogP) is 4.19. The highest BCUT2D eigenvalue weighted by Crippen LogP contribution is 2.36. The maximum atomic E-state index is 12.2. The second-order valence-corrected chi connectivity index (χ2v) is 6.75. The van der Waals surface area contributed by atoms with Gasteiger partial charge in [0.1, 0.15) is 22.1 Å². The van der Waals surface area contributed by atoms with Crippen LogP contribution in [-0.4, -0.2) is 30.5 Å². The number of esters is 1. The highest BCUT2D eigenvalue weighted by Gasteiger charge is 2.18. The molecular weight excluding hydrogens is 364 g/mol. The lowest BCUT2D eigenvalue weighted by Crippen LogP contribution is -2.18. The molecule has 0 radical (unpaired) electrons. The maximum absolute atomic E-state index is 12.2. The highest BCUT2D eigenvalue weighted by atomic mass is 32.1. The fourth-order valence-electron chi connectivity index (χ4n) is 2.77. The van der Waals surface area contributed by atoms with Gasteiger partial charge in [-0.15, -0.1) is 11.3 Å². The Morgan fingerprint density at radius 3 is 2.63 bits per heavy atom. The Hall–Kier alpha value is -2.93. The Balaban J connectivity index is 1.93. The van der Waals surface area contributed by atoms with Crippen molar-refractivity contribution in [1.82, 2.24) is 10.3 Å². The fraction of sp³-hybridized carbons (Fsp3) is 0.250. The molecule has 0 saturated carbocycles. The van der Waals surface area contributed by atoms with Crippen LogP contribution in [-0.2, 0) is 11.2 Å². The van der Waals surface area contributed by atoms with Crippen LogP contribution in [0.5, 0.6) is 11.5 Å². The summed E-state index contributed by atoms with van der Waals surface area (Å²) >= 11 is 1.40. The van der Waals surface area contributed by atoms with Crippen molar-refractivity contribution >= 4 is 33.3 Å². The molecule has 3 aromatic rings. The number of benzene rings is 1. The Kier molecular flexibility index (Phi) is 5.71. The highest BCUT2D eigenvalue weighted by molar-refractivity contribution is 7.21. The molecule has 0 bridgehead atoms. The van der Waals surface area contributed by atoms with Crippen molar-refractivity contribution in [2.75, 3.05) is 13.7 Å². The second-order valence-electron chi connectivity index (χ2n) is 5.70. The maximum Gasteiger partial charge on any atom is 0.348 e. The van der Waals surface area contributed by atoms with Gasteiger partial charge in [-0.25, -0.2) is 4.79 Å². The molecule has 3 rings (SSSR count). The third kappa shape index (κ3) is 3.93. The van der Waals surface area contributed by atoms with Crippen LogP contribution in [0.25, 0.3) is 10.1 Å². The number of fused-ring (bicyclic) bond motifs is 1. The van der Waals surface area contributed by atoms with Gasteiger partial charge in [-0.2, -0.15) is 0 Å². The molecule has 1 N–H and O–H groups in total. The number of carbonyl (C=O) groups excluding carboxylic acids is 2. The topological polar surface area (TPSA) is 77.5 Å². The van der Waals surface area contributed by atoms with Crippen molar-refractivity contribution < 1.29 is 19.1 Å². The first-order chi connectivity index (χ1) is 13.1. The molecule has 0 saturated heterocycles. The van der Waals surface area contributed by atoms with Gasteiger partial charge in [-0.05, 0) is 48.6 Å². The Bertz CT molecular complexity index is 997. The molecule has 0 aliphatic rings. The number of thiophene rings is 1. The van der Waals surface area contributed by atoms with Crippen molar-refractivity contribution in [3.05, 3.63) is 52.7 Å². The summed E-state index contributed by atoms with van der Waals surface area (Å²) in [6.45, 7) is 4.16. The average Bonchev–Trinajstić information content (AvgIpc) is 3.05. The van der Waals surface area contributed by atoms with Crippen LogP contribution in [0.2, 0.25) is 0 Å². The molecule has 0 unspecified atom stereocenters. The fourth-order valence-corrected chi connectivity index (χ4v) is 3.99. The second kappa shape index (κ2) is 8.18. The lowest BCUT2D eigenvalue weighted by molar-refractivity contribution is 0.0531. The number of pyridine rings is 1. The van der Waals surface area contributed by atoms with Crippen molar-refractivity contribution in [3.63, 3.8) is 0 Å². The standard InChI is InChI=1S/C20H20N2O4S/c1-4-14-15-7-6-12(11-17(15)27-18(14)20(24)25-5-2)26-13-8-9-22-16(10-13)19(23)21-3/h6-11H,4-5H2,1-3H3,(H,21,23). The first-order valence-corrected chi connectivity index (χ1v) is 9.47. The average molecular weight is 384 g/mol. The Morgan fingerprint density at radius 1 is 1.15 bits per heavy atom. The molecule has 2 aromatic heterocycles. The van der Waals surface area contributed by atoms with E-state index in [2.05, 4.69) is 10.3 Å². The van der Waals surface area contributed by atoms with E-state index in [-0.39, 0.29) is 17.6 Å². The van der Waals surface area contributed by atoms with Crippen LogP contribution in [0.4, 0.5) is 0 Å². The molecular formula is C20H20N2O4S. The summed E-state index contributed by atoms with van der Waals surface area (Å²) < 4.78 is 12.0. The van der Waals surface area contributed by atoms with Crippen LogP contribution in [0.1, 0.15) is 39.6 Å². The van der Waals surface area contributed by atoms with Crippen molar-refractivity contribution in [2.45, 2.75) is 20.3 Å². The van der Waals surface area contributed by atoms with E-state index in [4.69, 9.17) is 9.47 Å². The van der Waals surface area contributed by atoms with E-state index in [0.29, 0.717) is 23.0 Å². The van der Waals surface area contributed by atoms with Gasteiger partial charge < -0.3 is 14.8 Å². The summed E-state index contributed by atoms with van der Waals surface area (Å²) in [4.78, 5) is 28.6. The number of hydrogen-bond acceptors (Lipinski definition) is 6. The van der Waals surface area contributed by atoms with Gasteiger partial charge in [0.15, 0.2) is 0 Å². The number of ether oxygens (including phenoxy) is 2. The minimum absolute atomic E-state index is 0.277. The molecule has 0 fully saturated rings. The van der Waals surface area contributed by atoms with E-state index in [0.717, 1.165) is 22.1 Å². The summed E-state index contributed by atoms with van der Waals surface area (Å²) in [5.74, 6) is 0.569. The molecule has 1 amide bonds. The number of hydrogen-bond donors (Lipinski definition) is 1. The first kappa shape index (κ1) is 18.8. The number of carbonyl (C=O) groups is 2. The zero-order valence-corrected chi connectivity index (χ0v) is 16.2. The number of rotatable bonds is 6. The molecule has 0 aliphatic carbocycles. The number of nitrogens with zero attached hydrogens (tertiary/aromatic N) is 1. The lowest BCUT2D eigenvalue weighted by Gasteiger charge is -2.07. The van der Waals surface area contributed by atoms with Crippen LogP contribution in [0.15, 0.2) is 36.5 Å². The normalized spacial score (nSPS) is 10.6. The molecule has 27 heavy (non-hydrogen) atoms. The largest absolute Gasteiger partial charge is 0.462 e. The van der Waals surface area contributed by atoms with E-state index in [1.54, 1.807) is 26.1 Å². The third-order valence-electron chi connectivity index (χ3n) is 4.01. The predicted molar refractivity (Wildman–Crippen MR) is 105 cm³/mol. The Morgan fingerprint density at radius 2 is 1.93 bits per heavy atom. The number of aryl methyl sites for hydroxylation is 1. The van der Waals surface area contributed by atoms with Crippen molar-refractivity contribution in [2.24, 2.45) is 0 Å². The number of amides is 1. The smallest absolute Gasteiger partial charge is 0.348 e. The molecule has 0 atom stereocenters. The van der Waals surface area contributed by atoms with Gasteiger partial charge in [0.05, 0.1) is 6.61 Å². The van der Waals surface area contributed by atoms with Crippen molar-refractivity contribution in [1.29, 1.82) is 0 Å². The zero-order valence-electron chi connectivity index (χ0n) is 15.4.